The molecule has 5 nitrogen and oxygen atoms in total. The Morgan fingerprint density at radius 2 is 2.00 bits per heavy atom. The van der Waals surface area contributed by atoms with Gasteiger partial charge in [-0.15, -0.1) is 0 Å². The van der Waals surface area contributed by atoms with E-state index in [0.29, 0.717) is 22.9 Å². The van der Waals surface area contributed by atoms with Gasteiger partial charge in [-0.05, 0) is 24.3 Å². The molecular formula is C13H13N3O2. The normalized spacial score (nSPS) is 9.83. The van der Waals surface area contributed by atoms with Gasteiger partial charge < -0.3 is 20.2 Å². The molecule has 92 valence electrons. The summed E-state index contributed by atoms with van der Waals surface area (Å²) >= 11 is 0. The van der Waals surface area contributed by atoms with Gasteiger partial charge in [0.2, 0.25) is 0 Å². The number of nitrogens with zero attached hydrogens (tertiary/aromatic N) is 1. The van der Waals surface area contributed by atoms with Crippen LogP contribution in [0.25, 0.3) is 11.3 Å². The Labute approximate surface area is 105 Å². The van der Waals surface area contributed by atoms with Crippen LogP contribution < -0.4 is 15.2 Å². The Bertz CT molecular complexity index is 611. The maximum absolute atomic E-state index is 8.90. The summed E-state index contributed by atoms with van der Waals surface area (Å²) in [6.45, 7) is 0. The number of anilines is 1. The lowest BCUT2D eigenvalue weighted by atomic mass is 10.1. The van der Waals surface area contributed by atoms with Crippen molar-refractivity contribution in [3.8, 4) is 28.8 Å². The lowest BCUT2D eigenvalue weighted by molar-refractivity contribution is 0.404. The van der Waals surface area contributed by atoms with Crippen molar-refractivity contribution >= 4 is 5.82 Å². The first kappa shape index (κ1) is 11.9. The fourth-order valence-corrected chi connectivity index (χ4v) is 1.73. The molecule has 0 saturated heterocycles. The zero-order valence-electron chi connectivity index (χ0n) is 10.2. The van der Waals surface area contributed by atoms with Gasteiger partial charge in [-0.3, -0.25) is 0 Å². The standard InChI is InChI=1S/C13H13N3O2/c1-17-9-3-4-12(18-2)10(6-9)11-5-8(7-14)13(15)16-11/h3-6,16H,15H2,1-2H3. The first-order valence-electron chi connectivity index (χ1n) is 5.30. The average Bonchev–Trinajstić information content (AvgIpc) is 2.79. The molecule has 2 rings (SSSR count). The summed E-state index contributed by atoms with van der Waals surface area (Å²) in [6.07, 6.45) is 0. The third-order valence-electron chi connectivity index (χ3n) is 2.67. The summed E-state index contributed by atoms with van der Waals surface area (Å²) in [5, 5.41) is 8.90. The quantitative estimate of drug-likeness (QED) is 0.865. The van der Waals surface area contributed by atoms with E-state index in [1.807, 2.05) is 12.1 Å². The first-order valence-corrected chi connectivity index (χ1v) is 5.30. The Hall–Kier alpha value is -2.61. The highest BCUT2D eigenvalue weighted by atomic mass is 16.5. The van der Waals surface area contributed by atoms with Gasteiger partial charge in [0.25, 0.3) is 0 Å². The average molecular weight is 243 g/mol. The lowest BCUT2D eigenvalue weighted by Crippen LogP contribution is -1.91. The van der Waals surface area contributed by atoms with E-state index in [1.54, 1.807) is 32.4 Å². The fraction of sp³-hybridized carbons (Fsp3) is 0.154. The number of H-pyrrole nitrogens is 1. The molecule has 0 fully saturated rings. The van der Waals surface area contributed by atoms with Crippen molar-refractivity contribution in [2.45, 2.75) is 0 Å². The van der Waals surface area contributed by atoms with Crippen molar-refractivity contribution < 1.29 is 9.47 Å². The molecule has 0 saturated carbocycles. The minimum absolute atomic E-state index is 0.345. The molecule has 0 aliphatic carbocycles. The molecule has 0 amide bonds. The highest BCUT2D eigenvalue weighted by molar-refractivity contribution is 5.73. The smallest absolute Gasteiger partial charge is 0.128 e. The van der Waals surface area contributed by atoms with Crippen LogP contribution in [0.2, 0.25) is 0 Å². The number of hydrogen-bond acceptors (Lipinski definition) is 4. The van der Waals surface area contributed by atoms with Crippen LogP contribution in [0.4, 0.5) is 5.82 Å². The number of nitrogens with two attached hydrogens (primary N) is 1. The zero-order valence-corrected chi connectivity index (χ0v) is 10.2. The second-order valence-corrected chi connectivity index (χ2v) is 3.69. The summed E-state index contributed by atoms with van der Waals surface area (Å²) in [4.78, 5) is 2.96. The summed E-state index contributed by atoms with van der Waals surface area (Å²) in [7, 11) is 3.18. The number of methoxy groups -OCH3 is 2. The van der Waals surface area contributed by atoms with Crippen molar-refractivity contribution in [1.29, 1.82) is 5.26 Å². The Kier molecular flexibility index (Phi) is 3.11. The van der Waals surface area contributed by atoms with Gasteiger partial charge in [0.05, 0.1) is 25.5 Å². The Balaban J connectivity index is 2.57. The van der Waals surface area contributed by atoms with Crippen LogP contribution in [0.3, 0.4) is 0 Å². The van der Waals surface area contributed by atoms with Crippen LogP contribution in [0.15, 0.2) is 24.3 Å². The van der Waals surface area contributed by atoms with Crippen LogP contribution >= 0.6 is 0 Å². The molecule has 0 aliphatic heterocycles. The number of ether oxygens (including phenoxy) is 2. The number of benzene rings is 1. The maximum Gasteiger partial charge on any atom is 0.128 e. The molecule has 3 N–H and O–H groups in total. The van der Waals surface area contributed by atoms with E-state index in [2.05, 4.69) is 4.98 Å². The van der Waals surface area contributed by atoms with E-state index in [0.717, 1.165) is 11.3 Å². The van der Waals surface area contributed by atoms with Crippen LogP contribution in [-0.2, 0) is 0 Å². The van der Waals surface area contributed by atoms with E-state index in [-0.39, 0.29) is 0 Å². The predicted octanol–water partition coefficient (Wildman–Crippen LogP) is 2.15. The zero-order chi connectivity index (χ0) is 13.1. The number of hydrogen-bond donors (Lipinski definition) is 2. The second kappa shape index (κ2) is 4.72. The Morgan fingerprint density at radius 3 is 2.56 bits per heavy atom. The predicted molar refractivity (Wildman–Crippen MR) is 68.5 cm³/mol. The number of nitrogens with one attached hydrogen (secondary N) is 1. The molecule has 0 spiro atoms. The van der Waals surface area contributed by atoms with Gasteiger partial charge in [-0.1, -0.05) is 0 Å². The van der Waals surface area contributed by atoms with Gasteiger partial charge in [-0.2, -0.15) is 5.26 Å². The van der Waals surface area contributed by atoms with Crippen LogP contribution in [0.1, 0.15) is 5.56 Å². The third kappa shape index (κ3) is 1.96. The van der Waals surface area contributed by atoms with Crippen molar-refractivity contribution in [2.75, 3.05) is 20.0 Å². The van der Waals surface area contributed by atoms with Gasteiger partial charge in [0.1, 0.15) is 23.4 Å². The molecule has 0 atom stereocenters. The van der Waals surface area contributed by atoms with Gasteiger partial charge in [0.15, 0.2) is 0 Å². The molecule has 0 bridgehead atoms. The first-order chi connectivity index (χ1) is 8.69. The summed E-state index contributed by atoms with van der Waals surface area (Å²) in [5.74, 6) is 1.73. The maximum atomic E-state index is 8.90. The SMILES string of the molecule is COc1ccc(OC)c(-c2cc(C#N)c(N)[nH]2)c1. The molecular weight excluding hydrogens is 230 g/mol. The molecule has 1 aromatic heterocycles. The largest absolute Gasteiger partial charge is 0.497 e. The number of nitrogen functional groups attached to an aromatic ring is 1. The van der Waals surface area contributed by atoms with E-state index in [4.69, 9.17) is 20.5 Å². The number of aromatic amines is 1. The minimum atomic E-state index is 0.345. The van der Waals surface area contributed by atoms with Gasteiger partial charge in [-0.25, -0.2) is 0 Å². The molecule has 1 heterocycles. The number of nitriles is 1. The second-order valence-electron chi connectivity index (χ2n) is 3.69. The van der Waals surface area contributed by atoms with E-state index in [1.165, 1.54) is 0 Å². The highest BCUT2D eigenvalue weighted by Gasteiger charge is 2.12. The number of aromatic nitrogens is 1. The highest BCUT2D eigenvalue weighted by Crippen LogP contribution is 2.34. The fourth-order valence-electron chi connectivity index (χ4n) is 1.73. The van der Waals surface area contributed by atoms with Crippen LogP contribution in [0.5, 0.6) is 11.5 Å². The van der Waals surface area contributed by atoms with E-state index in [9.17, 15) is 0 Å². The van der Waals surface area contributed by atoms with E-state index >= 15 is 0 Å². The monoisotopic (exact) mass is 243 g/mol. The van der Waals surface area contributed by atoms with Crippen molar-refractivity contribution in [3.63, 3.8) is 0 Å². The van der Waals surface area contributed by atoms with Crippen molar-refractivity contribution in [3.05, 3.63) is 29.8 Å². The number of rotatable bonds is 3. The minimum Gasteiger partial charge on any atom is -0.497 e. The van der Waals surface area contributed by atoms with E-state index < -0.39 is 0 Å². The molecule has 0 radical (unpaired) electrons. The summed E-state index contributed by atoms with van der Waals surface area (Å²) < 4.78 is 10.5. The Morgan fingerprint density at radius 1 is 1.22 bits per heavy atom. The van der Waals surface area contributed by atoms with Gasteiger partial charge in [0, 0.05) is 5.56 Å². The lowest BCUT2D eigenvalue weighted by Gasteiger charge is -2.09. The van der Waals surface area contributed by atoms with Crippen LogP contribution in [-0.4, -0.2) is 19.2 Å². The van der Waals surface area contributed by atoms with Crippen molar-refractivity contribution in [1.82, 2.24) is 4.98 Å². The summed E-state index contributed by atoms with van der Waals surface area (Å²) in [5.41, 5.74) is 7.63. The molecule has 18 heavy (non-hydrogen) atoms. The molecule has 0 unspecified atom stereocenters. The van der Waals surface area contributed by atoms with Crippen molar-refractivity contribution in [2.24, 2.45) is 0 Å². The molecule has 1 aromatic carbocycles. The van der Waals surface area contributed by atoms with Crippen LogP contribution in [0, 0.1) is 11.3 Å². The summed E-state index contributed by atoms with van der Waals surface area (Å²) in [6, 6.07) is 9.14. The molecule has 0 aliphatic rings. The third-order valence-corrected chi connectivity index (χ3v) is 2.67. The van der Waals surface area contributed by atoms with Gasteiger partial charge >= 0.3 is 0 Å². The topological polar surface area (TPSA) is 84.1 Å². The molecule has 5 heteroatoms. The molecule has 2 aromatic rings.